The van der Waals surface area contributed by atoms with Crippen molar-refractivity contribution >= 4 is 5.57 Å². The van der Waals surface area contributed by atoms with Crippen LogP contribution in [0.25, 0.3) is 5.57 Å². The van der Waals surface area contributed by atoms with E-state index >= 15 is 0 Å². The van der Waals surface area contributed by atoms with Crippen molar-refractivity contribution in [2.45, 2.75) is 13.8 Å². The maximum absolute atomic E-state index is 3.78. The SMILES string of the molecule is C=C/C=C(C=C)/C=C(\C)c1cccc(C)c1. The lowest BCUT2D eigenvalue weighted by molar-refractivity contribution is 1.43. The Morgan fingerprint density at radius 2 is 2.00 bits per heavy atom. The summed E-state index contributed by atoms with van der Waals surface area (Å²) in [7, 11) is 0. The summed E-state index contributed by atoms with van der Waals surface area (Å²) in [5.74, 6) is 0. The fourth-order valence-electron chi connectivity index (χ4n) is 1.53. The van der Waals surface area contributed by atoms with E-state index in [-0.39, 0.29) is 0 Å². The maximum Gasteiger partial charge on any atom is -0.0225 e. The molecule has 0 bridgehead atoms. The number of hydrogen-bond donors (Lipinski definition) is 0. The zero-order valence-electron chi connectivity index (χ0n) is 10.0. The predicted molar refractivity (Wildman–Crippen MR) is 73.3 cm³/mol. The van der Waals surface area contributed by atoms with Crippen LogP contribution in [0.3, 0.4) is 0 Å². The van der Waals surface area contributed by atoms with E-state index in [2.05, 4.69) is 57.3 Å². The van der Waals surface area contributed by atoms with Crippen LogP contribution in [0.5, 0.6) is 0 Å². The zero-order valence-corrected chi connectivity index (χ0v) is 10.0. The second-order valence-electron chi connectivity index (χ2n) is 3.80. The Labute approximate surface area is 98.3 Å². The highest BCUT2D eigenvalue weighted by molar-refractivity contribution is 5.67. The van der Waals surface area contributed by atoms with Crippen molar-refractivity contribution in [3.05, 3.63) is 78.4 Å². The molecule has 0 nitrogen and oxygen atoms in total. The minimum absolute atomic E-state index is 1.08. The van der Waals surface area contributed by atoms with Crippen molar-refractivity contribution in [3.63, 3.8) is 0 Å². The molecule has 0 unspecified atom stereocenters. The van der Waals surface area contributed by atoms with Gasteiger partial charge in [-0.05, 0) is 30.6 Å². The molecule has 0 amide bonds. The Morgan fingerprint density at radius 1 is 1.25 bits per heavy atom. The van der Waals surface area contributed by atoms with Crippen molar-refractivity contribution in [1.29, 1.82) is 0 Å². The van der Waals surface area contributed by atoms with E-state index < -0.39 is 0 Å². The first kappa shape index (κ1) is 12.3. The molecule has 82 valence electrons. The number of allylic oxidation sites excluding steroid dienone is 6. The molecule has 16 heavy (non-hydrogen) atoms. The van der Waals surface area contributed by atoms with Crippen LogP contribution < -0.4 is 0 Å². The first-order valence-electron chi connectivity index (χ1n) is 5.38. The molecule has 0 fully saturated rings. The highest BCUT2D eigenvalue weighted by Gasteiger charge is 1.96. The van der Waals surface area contributed by atoms with Gasteiger partial charge in [0, 0.05) is 0 Å². The molecule has 1 aromatic carbocycles. The third kappa shape index (κ3) is 3.39. The van der Waals surface area contributed by atoms with E-state index in [4.69, 9.17) is 0 Å². The van der Waals surface area contributed by atoms with Crippen molar-refractivity contribution in [3.8, 4) is 0 Å². The molecule has 1 aromatic rings. The van der Waals surface area contributed by atoms with E-state index in [0.717, 1.165) is 5.57 Å². The quantitative estimate of drug-likeness (QED) is 0.632. The number of rotatable bonds is 4. The normalized spacial score (nSPS) is 12.4. The van der Waals surface area contributed by atoms with Crippen LogP contribution in [-0.2, 0) is 0 Å². The monoisotopic (exact) mass is 210 g/mol. The molecule has 0 aliphatic carbocycles. The van der Waals surface area contributed by atoms with E-state index in [1.165, 1.54) is 16.7 Å². The second-order valence-corrected chi connectivity index (χ2v) is 3.80. The molecule has 0 aliphatic heterocycles. The van der Waals surface area contributed by atoms with Crippen LogP contribution in [0.2, 0.25) is 0 Å². The average Bonchev–Trinajstić information content (AvgIpc) is 2.28. The predicted octanol–water partition coefficient (Wildman–Crippen LogP) is 4.70. The van der Waals surface area contributed by atoms with Gasteiger partial charge in [-0.3, -0.25) is 0 Å². The van der Waals surface area contributed by atoms with Gasteiger partial charge in [-0.15, -0.1) is 0 Å². The molecule has 0 spiro atoms. The minimum Gasteiger partial charge on any atom is -0.0990 e. The molecule has 0 aromatic heterocycles. The van der Waals surface area contributed by atoms with E-state index in [9.17, 15) is 0 Å². The molecular weight excluding hydrogens is 192 g/mol. The van der Waals surface area contributed by atoms with Crippen LogP contribution in [0.15, 0.2) is 67.3 Å². The maximum atomic E-state index is 3.78. The highest BCUT2D eigenvalue weighted by Crippen LogP contribution is 2.17. The summed E-state index contributed by atoms with van der Waals surface area (Å²) in [5.41, 5.74) is 4.83. The summed E-state index contributed by atoms with van der Waals surface area (Å²) >= 11 is 0. The van der Waals surface area contributed by atoms with Crippen molar-refractivity contribution in [2.75, 3.05) is 0 Å². The van der Waals surface area contributed by atoms with Crippen LogP contribution in [0.4, 0.5) is 0 Å². The van der Waals surface area contributed by atoms with Gasteiger partial charge in [0.25, 0.3) is 0 Å². The van der Waals surface area contributed by atoms with E-state index in [0.29, 0.717) is 0 Å². The molecule has 0 heteroatoms. The molecule has 0 atom stereocenters. The molecule has 0 N–H and O–H groups in total. The zero-order chi connectivity index (χ0) is 12.0. The highest BCUT2D eigenvalue weighted by atomic mass is 14.0. The van der Waals surface area contributed by atoms with Gasteiger partial charge in [-0.25, -0.2) is 0 Å². The Hall–Kier alpha value is -1.82. The smallest absolute Gasteiger partial charge is 0.0225 e. The first-order valence-corrected chi connectivity index (χ1v) is 5.38. The molecule has 0 saturated carbocycles. The minimum atomic E-state index is 1.08. The molecule has 0 radical (unpaired) electrons. The number of hydrogen-bond acceptors (Lipinski definition) is 0. The Bertz CT molecular complexity index is 445. The van der Waals surface area contributed by atoms with Crippen LogP contribution >= 0.6 is 0 Å². The van der Waals surface area contributed by atoms with Gasteiger partial charge in [-0.2, -0.15) is 0 Å². The van der Waals surface area contributed by atoms with Gasteiger partial charge in [0.2, 0.25) is 0 Å². The van der Waals surface area contributed by atoms with E-state index in [1.807, 2.05) is 12.2 Å². The largest absolute Gasteiger partial charge is 0.0990 e. The first-order chi connectivity index (χ1) is 7.67. The van der Waals surface area contributed by atoms with Crippen molar-refractivity contribution in [2.24, 2.45) is 0 Å². The average molecular weight is 210 g/mol. The van der Waals surface area contributed by atoms with Crippen molar-refractivity contribution < 1.29 is 0 Å². The van der Waals surface area contributed by atoms with Crippen LogP contribution in [0, 0.1) is 6.92 Å². The van der Waals surface area contributed by atoms with E-state index in [1.54, 1.807) is 6.08 Å². The lowest BCUT2D eigenvalue weighted by Gasteiger charge is -2.03. The van der Waals surface area contributed by atoms with Gasteiger partial charge in [0.15, 0.2) is 0 Å². The summed E-state index contributed by atoms with van der Waals surface area (Å²) in [4.78, 5) is 0. The third-order valence-corrected chi connectivity index (χ3v) is 2.40. The molecular formula is C16H18. The van der Waals surface area contributed by atoms with Gasteiger partial charge < -0.3 is 0 Å². The standard InChI is InChI=1S/C16H18/c1-5-8-15(6-2)12-14(4)16-10-7-9-13(3)11-16/h5-12H,1-2H2,3-4H3/b14-12+,15-8+. The van der Waals surface area contributed by atoms with Gasteiger partial charge >= 0.3 is 0 Å². The lowest BCUT2D eigenvalue weighted by atomic mass is 10.0. The van der Waals surface area contributed by atoms with Crippen LogP contribution in [-0.4, -0.2) is 0 Å². The second kappa shape index (κ2) is 5.92. The summed E-state index contributed by atoms with van der Waals surface area (Å²) in [5, 5.41) is 0. The Balaban J connectivity index is 3.05. The molecule has 1 rings (SSSR count). The van der Waals surface area contributed by atoms with Gasteiger partial charge in [0.1, 0.15) is 0 Å². The summed E-state index contributed by atoms with van der Waals surface area (Å²) in [6.07, 6.45) is 7.67. The Kier molecular flexibility index (Phi) is 4.53. The lowest BCUT2D eigenvalue weighted by Crippen LogP contribution is -1.82. The summed E-state index contributed by atoms with van der Waals surface area (Å²) < 4.78 is 0. The number of benzene rings is 1. The van der Waals surface area contributed by atoms with Gasteiger partial charge in [0.05, 0.1) is 0 Å². The summed E-state index contributed by atoms with van der Waals surface area (Å²) in [6.45, 7) is 11.7. The summed E-state index contributed by atoms with van der Waals surface area (Å²) in [6, 6.07) is 8.48. The Morgan fingerprint density at radius 3 is 2.56 bits per heavy atom. The van der Waals surface area contributed by atoms with Crippen molar-refractivity contribution in [1.82, 2.24) is 0 Å². The molecule has 0 saturated heterocycles. The van der Waals surface area contributed by atoms with Gasteiger partial charge in [-0.1, -0.05) is 67.3 Å². The molecule has 0 heterocycles. The molecule has 0 aliphatic rings. The topological polar surface area (TPSA) is 0 Å². The van der Waals surface area contributed by atoms with Crippen LogP contribution in [0.1, 0.15) is 18.1 Å². The third-order valence-electron chi connectivity index (χ3n) is 2.40. The fourth-order valence-corrected chi connectivity index (χ4v) is 1.53. The fraction of sp³-hybridized carbons (Fsp3) is 0.125. The number of aryl methyl sites for hydroxylation is 1.